The minimum Gasteiger partial charge on any atom is -0.475 e. The number of imidazole rings is 1. The molecule has 8 nitrogen and oxygen atoms in total. The van der Waals surface area contributed by atoms with E-state index in [0.29, 0.717) is 0 Å². The molecule has 0 atom stereocenters. The number of nitrogens with zero attached hydrogens (tertiary/aromatic N) is 4. The van der Waals surface area contributed by atoms with Crippen molar-refractivity contribution >= 4 is 17.0 Å². The van der Waals surface area contributed by atoms with Gasteiger partial charge in [0.05, 0.1) is 28.1 Å². The molecule has 1 aliphatic rings. The number of alkyl halides is 3. The molecule has 4 aromatic carbocycles. The summed E-state index contributed by atoms with van der Waals surface area (Å²) in [4.78, 5) is 37.3. The van der Waals surface area contributed by atoms with Crippen molar-refractivity contribution < 1.29 is 23.1 Å². The molecular weight excluding hydrogens is 631 g/mol. The first kappa shape index (κ1) is 33.4. The molecule has 0 saturated carbocycles. The zero-order chi connectivity index (χ0) is 34.5. The van der Waals surface area contributed by atoms with Gasteiger partial charge < -0.3 is 10.1 Å². The van der Waals surface area contributed by atoms with Gasteiger partial charge in [0.15, 0.2) is 0 Å². The van der Waals surface area contributed by atoms with Gasteiger partial charge in [-0.05, 0) is 48.6 Å². The topological polar surface area (TPSA) is 104 Å². The molecular formula is C38H34F3N5O3. The van der Waals surface area contributed by atoms with Gasteiger partial charge in [0.25, 0.3) is 0 Å². The summed E-state index contributed by atoms with van der Waals surface area (Å²) in [5, 5.41) is 7.12. The van der Waals surface area contributed by atoms with E-state index in [-0.39, 0.29) is 11.7 Å². The summed E-state index contributed by atoms with van der Waals surface area (Å²) in [5.41, 5.74) is 10.1. The molecule has 3 heterocycles. The molecule has 6 aromatic rings. The minimum absolute atomic E-state index is 0.0234. The van der Waals surface area contributed by atoms with E-state index in [4.69, 9.17) is 19.9 Å². The molecule has 7 rings (SSSR count). The van der Waals surface area contributed by atoms with Crippen LogP contribution in [0.2, 0.25) is 0 Å². The molecule has 2 N–H and O–H groups in total. The highest BCUT2D eigenvalue weighted by Crippen LogP contribution is 2.32. The third kappa shape index (κ3) is 7.95. The maximum atomic E-state index is 12.7. The molecule has 11 heteroatoms. The van der Waals surface area contributed by atoms with Gasteiger partial charge >= 0.3 is 17.8 Å². The summed E-state index contributed by atoms with van der Waals surface area (Å²) in [5.74, 6) is -2.76. The quantitative estimate of drug-likeness (QED) is 0.188. The number of fused-ring (bicyclic) bond motifs is 1. The van der Waals surface area contributed by atoms with Crippen molar-refractivity contribution in [3.8, 4) is 33.8 Å². The van der Waals surface area contributed by atoms with Crippen molar-refractivity contribution in [2.45, 2.75) is 38.5 Å². The normalized spacial score (nSPS) is 14.0. The highest BCUT2D eigenvalue weighted by molar-refractivity contribution is 5.86. The molecule has 1 fully saturated rings. The number of nitrogens with one attached hydrogen (secondary N) is 1. The SMILES string of the molecule is Cc1ccc2nc(-c3ccc(CN4CCC(n5cc(-c6ccccc6)[nH]c5=O)CC4)cc3)c(-c3ccccc3)nc2c1.O=C(O)C(F)(F)F. The monoisotopic (exact) mass is 665 g/mol. The van der Waals surface area contributed by atoms with Crippen molar-refractivity contribution in [1.29, 1.82) is 0 Å². The fourth-order valence-corrected chi connectivity index (χ4v) is 5.99. The summed E-state index contributed by atoms with van der Waals surface area (Å²) >= 11 is 0. The van der Waals surface area contributed by atoms with Crippen LogP contribution >= 0.6 is 0 Å². The Morgan fingerprint density at radius 3 is 1.96 bits per heavy atom. The average molecular weight is 666 g/mol. The van der Waals surface area contributed by atoms with Gasteiger partial charge in [-0.15, -0.1) is 0 Å². The summed E-state index contributed by atoms with van der Waals surface area (Å²) < 4.78 is 33.6. The number of hydrogen-bond acceptors (Lipinski definition) is 5. The zero-order valence-electron chi connectivity index (χ0n) is 26.7. The van der Waals surface area contributed by atoms with Gasteiger partial charge in [-0.25, -0.2) is 19.6 Å². The first-order chi connectivity index (χ1) is 23.5. The highest BCUT2D eigenvalue weighted by atomic mass is 19.4. The summed E-state index contributed by atoms with van der Waals surface area (Å²) in [6.07, 6.45) is -1.19. The number of carbonyl (C=O) groups is 1. The number of halogens is 3. The van der Waals surface area contributed by atoms with Gasteiger partial charge in [-0.2, -0.15) is 13.2 Å². The van der Waals surface area contributed by atoms with Crippen LogP contribution in [0.25, 0.3) is 44.8 Å². The van der Waals surface area contributed by atoms with E-state index in [1.807, 2.05) is 59.3 Å². The fourth-order valence-electron chi connectivity index (χ4n) is 5.99. The van der Waals surface area contributed by atoms with Crippen LogP contribution in [0.4, 0.5) is 13.2 Å². The predicted octanol–water partition coefficient (Wildman–Crippen LogP) is 7.90. The van der Waals surface area contributed by atoms with Crippen molar-refractivity contribution in [1.82, 2.24) is 24.4 Å². The summed E-state index contributed by atoms with van der Waals surface area (Å²) in [6.45, 7) is 4.88. The van der Waals surface area contributed by atoms with E-state index in [0.717, 1.165) is 77.3 Å². The van der Waals surface area contributed by atoms with E-state index in [1.54, 1.807) is 0 Å². The van der Waals surface area contributed by atoms with Gasteiger partial charge in [0.1, 0.15) is 0 Å². The van der Waals surface area contributed by atoms with E-state index >= 15 is 0 Å². The van der Waals surface area contributed by atoms with Gasteiger partial charge in [-0.3, -0.25) is 9.47 Å². The van der Waals surface area contributed by atoms with Crippen LogP contribution in [0.1, 0.15) is 30.0 Å². The molecule has 0 amide bonds. The van der Waals surface area contributed by atoms with Crippen LogP contribution in [0.5, 0.6) is 0 Å². The number of rotatable bonds is 6. The number of aromatic nitrogens is 4. The van der Waals surface area contributed by atoms with E-state index < -0.39 is 12.1 Å². The molecule has 0 aliphatic carbocycles. The maximum Gasteiger partial charge on any atom is 0.490 e. The Balaban J connectivity index is 0.000000540. The maximum absolute atomic E-state index is 12.7. The third-order valence-electron chi connectivity index (χ3n) is 8.52. The lowest BCUT2D eigenvalue weighted by atomic mass is 10.0. The van der Waals surface area contributed by atoms with Crippen LogP contribution in [0.15, 0.2) is 114 Å². The van der Waals surface area contributed by atoms with Gasteiger partial charge in [0.2, 0.25) is 0 Å². The first-order valence-electron chi connectivity index (χ1n) is 15.9. The average Bonchev–Trinajstić information content (AvgIpc) is 3.50. The number of aliphatic carboxylic acids is 1. The molecule has 0 bridgehead atoms. The Bertz CT molecular complexity index is 2100. The highest BCUT2D eigenvalue weighted by Gasteiger charge is 2.38. The van der Waals surface area contributed by atoms with Crippen LogP contribution in [-0.2, 0) is 11.3 Å². The van der Waals surface area contributed by atoms with Crippen molar-refractivity contribution in [2.24, 2.45) is 0 Å². The largest absolute Gasteiger partial charge is 0.490 e. The number of piperidine rings is 1. The molecule has 0 radical (unpaired) electrons. The molecule has 2 aromatic heterocycles. The lowest BCUT2D eigenvalue weighted by Gasteiger charge is -2.32. The molecule has 0 unspecified atom stereocenters. The zero-order valence-corrected chi connectivity index (χ0v) is 26.7. The van der Waals surface area contributed by atoms with Crippen LogP contribution in [0, 0.1) is 6.92 Å². The fraction of sp³-hybridized carbons (Fsp3) is 0.211. The Labute approximate surface area is 280 Å². The lowest BCUT2D eigenvalue weighted by molar-refractivity contribution is -0.192. The van der Waals surface area contributed by atoms with E-state index in [2.05, 4.69) is 71.4 Å². The van der Waals surface area contributed by atoms with Gasteiger partial charge in [0, 0.05) is 43.0 Å². The number of H-pyrrole nitrogens is 1. The smallest absolute Gasteiger partial charge is 0.475 e. The van der Waals surface area contributed by atoms with E-state index in [1.165, 1.54) is 11.1 Å². The Hall–Kier alpha value is -5.55. The standard InChI is InChI=1S/C36H33N5O.C2HF3O2/c1-25-12-17-31-32(22-25)38-34(28-10-6-3-7-11-28)35(37-31)29-15-13-26(14-16-29)23-40-20-18-30(19-21-40)41-24-33(39-36(41)42)27-8-4-2-5-9-27;3-2(4,5)1(6)7/h2-17,22,24,30H,18-21,23H2,1H3,(H,39,42);(H,6,7). The second-order valence-electron chi connectivity index (χ2n) is 12.0. The Kier molecular flexibility index (Phi) is 9.72. The number of carboxylic acids is 1. The lowest BCUT2D eigenvalue weighted by Crippen LogP contribution is -2.36. The number of aromatic amines is 1. The Morgan fingerprint density at radius 1 is 0.816 bits per heavy atom. The van der Waals surface area contributed by atoms with Crippen molar-refractivity contribution in [2.75, 3.05) is 13.1 Å². The number of likely N-dealkylation sites (tertiary alicyclic amines) is 1. The van der Waals surface area contributed by atoms with E-state index in [9.17, 15) is 18.0 Å². The van der Waals surface area contributed by atoms with Crippen LogP contribution in [0.3, 0.4) is 0 Å². The van der Waals surface area contributed by atoms with Crippen LogP contribution in [-0.4, -0.2) is 54.8 Å². The molecule has 49 heavy (non-hydrogen) atoms. The second kappa shape index (κ2) is 14.3. The molecule has 1 aliphatic heterocycles. The first-order valence-corrected chi connectivity index (χ1v) is 15.9. The second-order valence-corrected chi connectivity index (χ2v) is 12.0. The number of benzene rings is 4. The summed E-state index contributed by atoms with van der Waals surface area (Å²) in [6, 6.07) is 35.5. The number of aryl methyl sites for hydroxylation is 1. The van der Waals surface area contributed by atoms with Crippen molar-refractivity contribution in [3.05, 3.63) is 131 Å². The molecule has 250 valence electrons. The number of hydrogen-bond donors (Lipinski definition) is 2. The molecule has 1 saturated heterocycles. The van der Waals surface area contributed by atoms with Crippen LogP contribution < -0.4 is 5.69 Å². The Morgan fingerprint density at radius 2 is 1.37 bits per heavy atom. The minimum atomic E-state index is -5.08. The molecule has 0 spiro atoms. The van der Waals surface area contributed by atoms with Gasteiger partial charge in [-0.1, -0.05) is 91.0 Å². The number of carboxylic acid groups (broad SMARTS) is 1. The van der Waals surface area contributed by atoms with Crippen molar-refractivity contribution in [3.63, 3.8) is 0 Å². The third-order valence-corrected chi connectivity index (χ3v) is 8.52. The summed E-state index contributed by atoms with van der Waals surface area (Å²) in [7, 11) is 0. The predicted molar refractivity (Wildman–Crippen MR) is 183 cm³/mol.